The summed E-state index contributed by atoms with van der Waals surface area (Å²) in [6.07, 6.45) is 82.0. The summed E-state index contributed by atoms with van der Waals surface area (Å²) in [4.78, 5) is 37.4. The van der Waals surface area contributed by atoms with Gasteiger partial charge in [0.25, 0.3) is 6.29 Å². The van der Waals surface area contributed by atoms with E-state index in [0.29, 0.717) is 11.0 Å². The Bertz CT molecular complexity index is 1680. The standard InChI is InChI=1S/C71H121NO8/c1-6-8-10-12-14-16-18-20-22-23-24-25-26-27-28-29-30-31-32-33-34-35-36-37-38-39-40-41-42-43-44-45-46-47-48-50-52-54-56-58-60-62-69(74)80-67(66-79-71(70(75)76)77-64-63-72(3,4)5)65-78-68(73)61-59-57-55-53-51-49-21-19-17-15-13-11-9-7-2/h8,10,13-16,19-22,24-25,27-28,30-31,33-34,67,71H,6-7,9,11-12,17-18,23,26,29,32,35-66H2,1-5H3/p+1/b10-8-,15-13-,16-14-,21-19-,22-20-,25-24-,28-27-,31-30-,34-33-. The van der Waals surface area contributed by atoms with Crippen LogP contribution in [0, 0.1) is 0 Å². The Hall–Kier alpha value is -4.05. The van der Waals surface area contributed by atoms with Gasteiger partial charge < -0.3 is 28.5 Å². The maximum atomic E-state index is 12.9. The van der Waals surface area contributed by atoms with Crippen LogP contribution in [0.3, 0.4) is 0 Å². The molecule has 2 unspecified atom stereocenters. The fraction of sp³-hybridized carbons (Fsp3) is 0.704. The second kappa shape index (κ2) is 61.0. The highest BCUT2D eigenvalue weighted by molar-refractivity contribution is 5.71. The molecule has 9 heteroatoms. The lowest BCUT2D eigenvalue weighted by Gasteiger charge is -2.25. The van der Waals surface area contributed by atoms with Crippen molar-refractivity contribution in [1.82, 2.24) is 0 Å². The number of carboxylic acid groups (broad SMARTS) is 1. The Morgan fingerprint density at radius 3 is 1.06 bits per heavy atom. The van der Waals surface area contributed by atoms with Crippen molar-refractivity contribution in [3.05, 3.63) is 109 Å². The Kier molecular flexibility index (Phi) is 57.9. The molecule has 0 aliphatic rings. The highest BCUT2D eigenvalue weighted by Crippen LogP contribution is 2.17. The minimum absolute atomic E-state index is 0.183. The molecule has 0 aromatic heterocycles. The summed E-state index contributed by atoms with van der Waals surface area (Å²) in [5.74, 6) is -2.02. The van der Waals surface area contributed by atoms with Gasteiger partial charge in [0.15, 0.2) is 6.10 Å². The predicted octanol–water partition coefficient (Wildman–Crippen LogP) is 19.9. The highest BCUT2D eigenvalue weighted by Gasteiger charge is 2.25. The number of unbranched alkanes of at least 4 members (excludes halogenated alkanes) is 26. The van der Waals surface area contributed by atoms with E-state index >= 15 is 0 Å². The number of carboxylic acids is 1. The first-order valence-corrected chi connectivity index (χ1v) is 32.6. The molecule has 0 amide bonds. The zero-order valence-electron chi connectivity index (χ0n) is 52.2. The van der Waals surface area contributed by atoms with Crippen LogP contribution in [0.1, 0.15) is 264 Å². The monoisotopic (exact) mass is 1120 g/mol. The lowest BCUT2D eigenvalue weighted by Crippen LogP contribution is -2.40. The smallest absolute Gasteiger partial charge is 0.361 e. The first-order valence-electron chi connectivity index (χ1n) is 32.6. The minimum atomic E-state index is -1.52. The van der Waals surface area contributed by atoms with E-state index in [9.17, 15) is 19.5 Å². The molecule has 0 spiro atoms. The average Bonchev–Trinajstić information content (AvgIpc) is 3.43. The van der Waals surface area contributed by atoms with Crippen LogP contribution in [0.2, 0.25) is 0 Å². The lowest BCUT2D eigenvalue weighted by atomic mass is 10.0. The number of carbonyl (C=O) groups is 3. The molecule has 1 N–H and O–H groups in total. The lowest BCUT2D eigenvalue weighted by molar-refractivity contribution is -0.870. The van der Waals surface area contributed by atoms with E-state index in [-0.39, 0.29) is 38.6 Å². The van der Waals surface area contributed by atoms with Gasteiger partial charge in [0.1, 0.15) is 13.2 Å². The van der Waals surface area contributed by atoms with E-state index < -0.39 is 24.3 Å². The summed E-state index contributed by atoms with van der Waals surface area (Å²) >= 11 is 0. The summed E-state index contributed by atoms with van der Waals surface area (Å²) < 4.78 is 22.9. The molecule has 0 aromatic rings. The van der Waals surface area contributed by atoms with Crippen molar-refractivity contribution in [2.24, 2.45) is 0 Å². The molecule has 0 aliphatic carbocycles. The number of aliphatic carboxylic acids is 1. The molecular formula is C71H122NO8+. The number of quaternary nitrogens is 1. The summed E-state index contributed by atoms with van der Waals surface area (Å²) in [5.41, 5.74) is 0. The van der Waals surface area contributed by atoms with Gasteiger partial charge in [-0.15, -0.1) is 0 Å². The molecule has 0 aromatic carbocycles. The van der Waals surface area contributed by atoms with Crippen molar-refractivity contribution >= 4 is 17.9 Å². The summed E-state index contributed by atoms with van der Waals surface area (Å²) in [6, 6.07) is 0. The maximum absolute atomic E-state index is 12.9. The van der Waals surface area contributed by atoms with Gasteiger partial charge in [0.05, 0.1) is 34.4 Å². The SMILES string of the molecule is CC/C=C\C/C=C\C/C=C\C/C=C\C/C=C\C/C=C\C/C=C\CCCCCCCCCCCCCCCCCCCCCC(=O)OC(COC(=O)CCCCCCC/C=C\C/C=C\CCCC)COC(OCC[N+](C)(C)C)C(=O)O. The predicted molar refractivity (Wildman–Crippen MR) is 341 cm³/mol. The van der Waals surface area contributed by atoms with Crippen LogP contribution in [-0.2, 0) is 33.3 Å². The number of allylic oxidation sites excluding steroid dienone is 18. The van der Waals surface area contributed by atoms with Gasteiger partial charge >= 0.3 is 17.9 Å². The quantitative estimate of drug-likeness (QED) is 0.0211. The molecule has 0 heterocycles. The van der Waals surface area contributed by atoms with Crippen LogP contribution in [0.25, 0.3) is 0 Å². The molecule has 2 atom stereocenters. The average molecular weight is 1120 g/mol. The summed E-state index contributed by atoms with van der Waals surface area (Å²) in [7, 11) is 5.96. The molecule has 80 heavy (non-hydrogen) atoms. The van der Waals surface area contributed by atoms with Crippen molar-refractivity contribution in [2.75, 3.05) is 47.5 Å². The molecule has 0 saturated carbocycles. The van der Waals surface area contributed by atoms with Gasteiger partial charge in [-0.2, -0.15) is 0 Å². The second-order valence-corrected chi connectivity index (χ2v) is 22.7. The van der Waals surface area contributed by atoms with Gasteiger partial charge in [0, 0.05) is 12.8 Å². The van der Waals surface area contributed by atoms with Gasteiger partial charge in [-0.1, -0.05) is 264 Å². The highest BCUT2D eigenvalue weighted by atomic mass is 16.7. The molecule has 0 fully saturated rings. The van der Waals surface area contributed by atoms with Gasteiger partial charge in [-0.25, -0.2) is 4.79 Å². The Labute approximate surface area is 492 Å². The molecule has 0 aliphatic heterocycles. The van der Waals surface area contributed by atoms with E-state index in [1.807, 2.05) is 21.1 Å². The van der Waals surface area contributed by atoms with Crippen LogP contribution < -0.4 is 0 Å². The Morgan fingerprint density at radius 1 is 0.388 bits per heavy atom. The summed E-state index contributed by atoms with van der Waals surface area (Å²) in [6.45, 7) is 4.71. The molecule has 0 saturated heterocycles. The number of esters is 2. The van der Waals surface area contributed by atoms with E-state index in [1.165, 1.54) is 122 Å². The minimum Gasteiger partial charge on any atom is -0.477 e. The van der Waals surface area contributed by atoms with Crippen molar-refractivity contribution in [3.63, 3.8) is 0 Å². The maximum Gasteiger partial charge on any atom is 0.361 e. The first kappa shape index (κ1) is 76.0. The molecular weight excluding hydrogens is 995 g/mol. The van der Waals surface area contributed by atoms with Crippen LogP contribution in [-0.4, -0.2) is 87.4 Å². The molecule has 0 rings (SSSR count). The third kappa shape index (κ3) is 61.6. The van der Waals surface area contributed by atoms with E-state index in [4.69, 9.17) is 18.9 Å². The third-order valence-electron chi connectivity index (χ3n) is 13.8. The first-order chi connectivity index (χ1) is 39.1. The van der Waals surface area contributed by atoms with Crippen LogP contribution in [0.4, 0.5) is 0 Å². The van der Waals surface area contributed by atoms with Crippen LogP contribution in [0.5, 0.6) is 0 Å². The molecule has 458 valence electrons. The van der Waals surface area contributed by atoms with Crippen molar-refractivity contribution < 1.29 is 42.9 Å². The Balaban J connectivity index is 4.00. The van der Waals surface area contributed by atoms with E-state index in [0.717, 1.165) is 116 Å². The fourth-order valence-corrected chi connectivity index (χ4v) is 8.78. The number of hydrogen-bond acceptors (Lipinski definition) is 7. The van der Waals surface area contributed by atoms with Crippen molar-refractivity contribution in [2.45, 2.75) is 277 Å². The second-order valence-electron chi connectivity index (χ2n) is 22.7. The Morgan fingerprint density at radius 2 is 0.713 bits per heavy atom. The largest absolute Gasteiger partial charge is 0.477 e. The molecule has 9 nitrogen and oxygen atoms in total. The number of nitrogens with zero attached hydrogens (tertiary/aromatic N) is 1. The zero-order chi connectivity index (χ0) is 58.3. The fourth-order valence-electron chi connectivity index (χ4n) is 8.78. The van der Waals surface area contributed by atoms with Gasteiger partial charge in [0.2, 0.25) is 0 Å². The number of carbonyl (C=O) groups excluding carboxylic acids is 2. The summed E-state index contributed by atoms with van der Waals surface area (Å²) in [5, 5.41) is 9.70. The van der Waals surface area contributed by atoms with E-state index in [2.05, 4.69) is 123 Å². The number of likely N-dealkylation sites (N-methyl/N-ethyl adjacent to an activating group) is 1. The molecule has 0 bridgehead atoms. The van der Waals surface area contributed by atoms with Crippen molar-refractivity contribution in [1.29, 1.82) is 0 Å². The number of ether oxygens (including phenoxy) is 4. The molecule has 0 radical (unpaired) electrons. The zero-order valence-corrected chi connectivity index (χ0v) is 52.2. The normalized spacial score (nSPS) is 13.5. The van der Waals surface area contributed by atoms with Gasteiger partial charge in [-0.3, -0.25) is 9.59 Å². The van der Waals surface area contributed by atoms with Crippen LogP contribution in [0.15, 0.2) is 109 Å². The van der Waals surface area contributed by atoms with Crippen LogP contribution >= 0.6 is 0 Å². The van der Waals surface area contributed by atoms with Crippen molar-refractivity contribution in [3.8, 4) is 0 Å². The number of rotatable bonds is 59. The third-order valence-corrected chi connectivity index (χ3v) is 13.8. The van der Waals surface area contributed by atoms with Gasteiger partial charge in [-0.05, 0) is 96.3 Å². The van der Waals surface area contributed by atoms with E-state index in [1.54, 1.807) is 0 Å². The topological polar surface area (TPSA) is 108 Å². The number of hydrogen-bond donors (Lipinski definition) is 1.